The van der Waals surface area contributed by atoms with Gasteiger partial charge in [-0.25, -0.2) is 8.78 Å². The van der Waals surface area contributed by atoms with Crippen molar-refractivity contribution < 1.29 is 13.3 Å². The van der Waals surface area contributed by atoms with Crippen molar-refractivity contribution in [1.82, 2.24) is 10.1 Å². The largest absolute Gasteiger partial charge is 0.398 e. The number of benzene rings is 2. The van der Waals surface area contributed by atoms with Crippen molar-refractivity contribution in [1.29, 1.82) is 0 Å². The van der Waals surface area contributed by atoms with Crippen molar-refractivity contribution >= 4 is 5.69 Å². The van der Waals surface area contributed by atoms with E-state index in [-0.39, 0.29) is 6.42 Å². The second kappa shape index (κ2) is 5.32. The summed E-state index contributed by atoms with van der Waals surface area (Å²) in [6.07, 6.45) is 0.219. The predicted molar refractivity (Wildman–Crippen MR) is 73.3 cm³/mol. The Bertz CT molecular complexity index is 786. The Labute approximate surface area is 119 Å². The first-order valence-corrected chi connectivity index (χ1v) is 6.25. The van der Waals surface area contributed by atoms with Gasteiger partial charge in [0.1, 0.15) is 0 Å². The van der Waals surface area contributed by atoms with Crippen LogP contribution in [-0.4, -0.2) is 10.1 Å². The Hall–Kier alpha value is -2.76. The fourth-order valence-corrected chi connectivity index (χ4v) is 1.96. The molecule has 0 aliphatic rings. The van der Waals surface area contributed by atoms with E-state index in [1.165, 1.54) is 6.07 Å². The first kappa shape index (κ1) is 13.2. The van der Waals surface area contributed by atoms with Crippen LogP contribution in [0.1, 0.15) is 11.5 Å². The van der Waals surface area contributed by atoms with E-state index in [2.05, 4.69) is 10.1 Å². The third kappa shape index (κ3) is 2.74. The Morgan fingerprint density at radius 2 is 1.86 bits per heavy atom. The summed E-state index contributed by atoms with van der Waals surface area (Å²) in [6.45, 7) is 0. The van der Waals surface area contributed by atoms with Gasteiger partial charge < -0.3 is 10.3 Å². The number of hydrogen-bond acceptors (Lipinski definition) is 4. The number of para-hydroxylation sites is 1. The molecule has 21 heavy (non-hydrogen) atoms. The number of anilines is 1. The standard InChI is InChI=1S/C15H11F2N3O/c16-11-6-5-9(7-12(11)17)8-14-19-15(20-21-14)10-3-1-2-4-13(10)18/h1-7H,8,18H2. The lowest BCUT2D eigenvalue weighted by molar-refractivity contribution is 0.385. The fraction of sp³-hybridized carbons (Fsp3) is 0.0667. The molecule has 2 N–H and O–H groups in total. The molecule has 0 aliphatic carbocycles. The second-order valence-corrected chi connectivity index (χ2v) is 4.52. The summed E-state index contributed by atoms with van der Waals surface area (Å²) in [5, 5.41) is 3.85. The molecule has 0 fully saturated rings. The molecule has 0 amide bonds. The lowest BCUT2D eigenvalue weighted by atomic mass is 10.1. The van der Waals surface area contributed by atoms with E-state index >= 15 is 0 Å². The van der Waals surface area contributed by atoms with Gasteiger partial charge in [0.15, 0.2) is 11.6 Å². The zero-order valence-electron chi connectivity index (χ0n) is 10.9. The first-order valence-electron chi connectivity index (χ1n) is 6.25. The molecule has 1 aromatic heterocycles. The number of nitrogen functional groups attached to an aromatic ring is 1. The Balaban J connectivity index is 1.85. The molecule has 0 saturated heterocycles. The predicted octanol–water partition coefficient (Wildman–Crippen LogP) is 3.19. The average molecular weight is 287 g/mol. The summed E-state index contributed by atoms with van der Waals surface area (Å²) in [6, 6.07) is 10.8. The summed E-state index contributed by atoms with van der Waals surface area (Å²) in [4.78, 5) is 4.21. The minimum atomic E-state index is -0.903. The molecule has 3 rings (SSSR count). The van der Waals surface area contributed by atoms with Crippen molar-refractivity contribution in [2.45, 2.75) is 6.42 Å². The highest BCUT2D eigenvalue weighted by Gasteiger charge is 2.12. The zero-order chi connectivity index (χ0) is 14.8. The van der Waals surface area contributed by atoms with Crippen LogP contribution in [0.5, 0.6) is 0 Å². The third-order valence-corrected chi connectivity index (χ3v) is 3.01. The van der Waals surface area contributed by atoms with Crippen molar-refractivity contribution in [2.75, 3.05) is 5.73 Å². The molecule has 0 aliphatic heterocycles. The molecule has 0 radical (unpaired) electrons. The quantitative estimate of drug-likeness (QED) is 0.751. The highest BCUT2D eigenvalue weighted by molar-refractivity contribution is 5.70. The number of nitrogens with two attached hydrogens (primary N) is 1. The SMILES string of the molecule is Nc1ccccc1-c1noc(Cc2ccc(F)c(F)c2)n1. The molecule has 2 aromatic carbocycles. The Morgan fingerprint density at radius 1 is 1.05 bits per heavy atom. The molecular formula is C15H11F2N3O. The van der Waals surface area contributed by atoms with Crippen LogP contribution < -0.4 is 5.73 Å². The molecule has 0 unspecified atom stereocenters. The molecule has 3 aromatic rings. The molecule has 0 bridgehead atoms. The van der Waals surface area contributed by atoms with Crippen molar-refractivity contribution in [3.63, 3.8) is 0 Å². The maximum absolute atomic E-state index is 13.1. The smallest absolute Gasteiger partial charge is 0.231 e. The van der Waals surface area contributed by atoms with Crippen LogP contribution in [-0.2, 0) is 6.42 Å². The van der Waals surface area contributed by atoms with E-state index in [0.717, 1.165) is 12.1 Å². The van der Waals surface area contributed by atoms with Crippen molar-refractivity contribution in [2.24, 2.45) is 0 Å². The average Bonchev–Trinajstić information content (AvgIpc) is 2.92. The molecular weight excluding hydrogens is 276 g/mol. The van der Waals surface area contributed by atoms with Gasteiger partial charge in [-0.3, -0.25) is 0 Å². The molecule has 1 heterocycles. The van der Waals surface area contributed by atoms with Crippen LogP contribution in [0.2, 0.25) is 0 Å². The number of halogens is 2. The van der Waals surface area contributed by atoms with Crippen LogP contribution in [0.25, 0.3) is 11.4 Å². The lowest BCUT2D eigenvalue weighted by Gasteiger charge is -1.99. The minimum Gasteiger partial charge on any atom is -0.398 e. The summed E-state index contributed by atoms with van der Waals surface area (Å²) < 4.78 is 31.1. The van der Waals surface area contributed by atoms with E-state index in [0.29, 0.717) is 28.5 Å². The molecule has 4 nitrogen and oxygen atoms in total. The summed E-state index contributed by atoms with van der Waals surface area (Å²) in [5.74, 6) is -1.12. The maximum atomic E-state index is 13.1. The van der Waals surface area contributed by atoms with Crippen LogP contribution in [0.4, 0.5) is 14.5 Å². The Kier molecular flexibility index (Phi) is 3.35. The van der Waals surface area contributed by atoms with E-state index in [1.807, 2.05) is 6.07 Å². The van der Waals surface area contributed by atoms with Gasteiger partial charge in [0, 0.05) is 11.3 Å². The number of aromatic nitrogens is 2. The van der Waals surface area contributed by atoms with Crippen LogP contribution in [0.3, 0.4) is 0 Å². The van der Waals surface area contributed by atoms with Gasteiger partial charge in [0.2, 0.25) is 11.7 Å². The highest BCUT2D eigenvalue weighted by atomic mass is 19.2. The third-order valence-electron chi connectivity index (χ3n) is 3.01. The van der Waals surface area contributed by atoms with Gasteiger partial charge in [-0.1, -0.05) is 23.4 Å². The zero-order valence-corrected chi connectivity index (χ0v) is 10.9. The van der Waals surface area contributed by atoms with Gasteiger partial charge in [-0.15, -0.1) is 0 Å². The summed E-state index contributed by atoms with van der Waals surface area (Å²) >= 11 is 0. The van der Waals surface area contributed by atoms with Gasteiger partial charge in [0.25, 0.3) is 0 Å². The molecule has 0 saturated carbocycles. The Morgan fingerprint density at radius 3 is 2.62 bits per heavy atom. The van der Waals surface area contributed by atoms with Gasteiger partial charge in [0.05, 0.1) is 6.42 Å². The van der Waals surface area contributed by atoms with E-state index < -0.39 is 11.6 Å². The van der Waals surface area contributed by atoms with Crippen LogP contribution in [0.15, 0.2) is 47.0 Å². The van der Waals surface area contributed by atoms with Crippen molar-refractivity contribution in [3.8, 4) is 11.4 Å². The highest BCUT2D eigenvalue weighted by Crippen LogP contribution is 2.23. The second-order valence-electron chi connectivity index (χ2n) is 4.52. The number of hydrogen-bond donors (Lipinski definition) is 1. The number of rotatable bonds is 3. The lowest BCUT2D eigenvalue weighted by Crippen LogP contribution is -1.93. The van der Waals surface area contributed by atoms with Gasteiger partial charge in [-0.05, 0) is 29.8 Å². The summed E-state index contributed by atoms with van der Waals surface area (Å²) in [5.41, 5.74) is 7.59. The molecule has 0 atom stereocenters. The van der Waals surface area contributed by atoms with E-state index in [1.54, 1.807) is 18.2 Å². The molecule has 0 spiro atoms. The van der Waals surface area contributed by atoms with Crippen molar-refractivity contribution in [3.05, 3.63) is 65.6 Å². The maximum Gasteiger partial charge on any atom is 0.231 e. The number of nitrogens with zero attached hydrogens (tertiary/aromatic N) is 2. The fourth-order valence-electron chi connectivity index (χ4n) is 1.96. The van der Waals surface area contributed by atoms with Crippen LogP contribution in [0, 0.1) is 11.6 Å². The topological polar surface area (TPSA) is 64.9 Å². The molecule has 106 valence electrons. The minimum absolute atomic E-state index is 0.219. The van der Waals surface area contributed by atoms with E-state index in [9.17, 15) is 8.78 Å². The van der Waals surface area contributed by atoms with Gasteiger partial charge in [-0.2, -0.15) is 4.98 Å². The van der Waals surface area contributed by atoms with Gasteiger partial charge >= 0.3 is 0 Å². The summed E-state index contributed by atoms with van der Waals surface area (Å²) in [7, 11) is 0. The molecule has 6 heteroatoms. The van der Waals surface area contributed by atoms with E-state index in [4.69, 9.17) is 10.3 Å². The first-order chi connectivity index (χ1) is 10.1. The van der Waals surface area contributed by atoms with Crippen LogP contribution >= 0.6 is 0 Å². The normalized spacial score (nSPS) is 10.8. The monoisotopic (exact) mass is 287 g/mol.